The number of likely N-dealkylation sites (tertiary alicyclic amines) is 1. The van der Waals surface area contributed by atoms with E-state index in [1.54, 1.807) is 12.1 Å². The largest absolute Gasteiger partial charge is 0.366 e. The summed E-state index contributed by atoms with van der Waals surface area (Å²) >= 11 is 0. The zero-order valence-corrected chi connectivity index (χ0v) is 19.5. The van der Waals surface area contributed by atoms with Crippen LogP contribution in [0.3, 0.4) is 0 Å². The van der Waals surface area contributed by atoms with E-state index in [1.165, 1.54) is 10.5 Å². The van der Waals surface area contributed by atoms with E-state index in [9.17, 15) is 13.2 Å². The molecule has 0 aliphatic carbocycles. The second-order valence-corrected chi connectivity index (χ2v) is 10.3. The maximum atomic E-state index is 12.9. The maximum absolute atomic E-state index is 12.9. The normalized spacial score (nSPS) is 14.8. The summed E-state index contributed by atoms with van der Waals surface area (Å²) in [6, 6.07) is 11.1. The number of anilines is 1. The first-order valence-electron chi connectivity index (χ1n) is 10.8. The van der Waals surface area contributed by atoms with Crippen molar-refractivity contribution in [2.24, 2.45) is 0 Å². The number of pyridine rings is 1. The van der Waals surface area contributed by atoms with Gasteiger partial charge in [-0.25, -0.2) is 13.4 Å². The summed E-state index contributed by atoms with van der Waals surface area (Å²) < 4.78 is 27.4. The van der Waals surface area contributed by atoms with Gasteiger partial charge in [0.05, 0.1) is 0 Å². The molecule has 0 atom stereocenters. The molecule has 0 bridgehead atoms. The van der Waals surface area contributed by atoms with Gasteiger partial charge in [0.15, 0.2) is 0 Å². The van der Waals surface area contributed by atoms with Gasteiger partial charge in [-0.05, 0) is 57.4 Å². The lowest BCUT2D eigenvalue weighted by Crippen LogP contribution is -2.41. The number of hydrogen-bond acceptors (Lipinski definition) is 5. The molecule has 1 aromatic heterocycles. The van der Waals surface area contributed by atoms with Gasteiger partial charge in [-0.2, -0.15) is 4.31 Å². The average Bonchev–Trinajstić information content (AvgIpc) is 3.10. The van der Waals surface area contributed by atoms with Gasteiger partial charge in [-0.1, -0.05) is 24.3 Å². The Hall–Kier alpha value is -2.45. The highest BCUT2D eigenvalue weighted by Crippen LogP contribution is 2.21. The molecule has 0 unspecified atom stereocenters. The highest BCUT2D eigenvalue weighted by atomic mass is 32.2. The third-order valence-corrected chi connectivity index (χ3v) is 7.58. The van der Waals surface area contributed by atoms with Gasteiger partial charge in [0.1, 0.15) is 10.7 Å². The van der Waals surface area contributed by atoms with E-state index in [0.29, 0.717) is 25.3 Å². The van der Waals surface area contributed by atoms with E-state index in [-0.39, 0.29) is 22.9 Å². The SMILES string of the molecule is CC(C)N(C(C)C)S(=O)(=O)c1ccc(NCc2cccc(CN3CCCC3=O)c2)nc1. The number of sulfonamides is 1. The molecule has 3 rings (SSSR count). The summed E-state index contributed by atoms with van der Waals surface area (Å²) in [7, 11) is -3.59. The van der Waals surface area contributed by atoms with Crippen LogP contribution in [0.15, 0.2) is 47.5 Å². The van der Waals surface area contributed by atoms with Crippen molar-refractivity contribution >= 4 is 21.7 Å². The van der Waals surface area contributed by atoms with Crippen LogP contribution in [0, 0.1) is 0 Å². The van der Waals surface area contributed by atoms with E-state index in [4.69, 9.17) is 0 Å². The minimum atomic E-state index is -3.59. The second-order valence-electron chi connectivity index (χ2n) is 8.49. The highest BCUT2D eigenvalue weighted by molar-refractivity contribution is 7.89. The third-order valence-electron chi connectivity index (χ3n) is 5.34. The van der Waals surface area contributed by atoms with Gasteiger partial charge in [0.25, 0.3) is 0 Å². The van der Waals surface area contributed by atoms with Crippen molar-refractivity contribution in [1.29, 1.82) is 0 Å². The van der Waals surface area contributed by atoms with Crippen molar-refractivity contribution < 1.29 is 13.2 Å². The van der Waals surface area contributed by atoms with Gasteiger partial charge in [0.2, 0.25) is 15.9 Å². The Balaban J connectivity index is 1.64. The van der Waals surface area contributed by atoms with Gasteiger partial charge >= 0.3 is 0 Å². The monoisotopic (exact) mass is 444 g/mol. The van der Waals surface area contributed by atoms with Crippen molar-refractivity contribution in [3.05, 3.63) is 53.7 Å². The number of rotatable bonds is 9. The minimum Gasteiger partial charge on any atom is -0.366 e. The van der Waals surface area contributed by atoms with E-state index in [2.05, 4.69) is 16.4 Å². The Labute approximate surface area is 185 Å². The van der Waals surface area contributed by atoms with Crippen LogP contribution in [0.5, 0.6) is 0 Å². The summed E-state index contributed by atoms with van der Waals surface area (Å²) in [5, 5.41) is 3.24. The van der Waals surface area contributed by atoms with E-state index >= 15 is 0 Å². The summed E-state index contributed by atoms with van der Waals surface area (Å²) in [6.07, 6.45) is 2.99. The summed E-state index contributed by atoms with van der Waals surface area (Å²) in [5.41, 5.74) is 2.18. The number of benzene rings is 1. The third kappa shape index (κ3) is 5.62. The number of hydrogen-bond donors (Lipinski definition) is 1. The zero-order valence-electron chi connectivity index (χ0n) is 18.7. The highest BCUT2D eigenvalue weighted by Gasteiger charge is 2.29. The molecule has 7 nitrogen and oxygen atoms in total. The topological polar surface area (TPSA) is 82.6 Å². The molecule has 0 radical (unpaired) electrons. The summed E-state index contributed by atoms with van der Waals surface area (Å²) in [4.78, 5) is 18.2. The number of amides is 1. The van der Waals surface area contributed by atoms with Gasteiger partial charge in [0, 0.05) is 44.3 Å². The van der Waals surface area contributed by atoms with Gasteiger partial charge in [-0.15, -0.1) is 0 Å². The fourth-order valence-corrected chi connectivity index (χ4v) is 5.81. The van der Waals surface area contributed by atoms with Gasteiger partial charge < -0.3 is 10.2 Å². The predicted octanol–water partition coefficient (Wildman–Crippen LogP) is 3.62. The molecule has 2 heterocycles. The molecule has 1 fully saturated rings. The maximum Gasteiger partial charge on any atom is 0.245 e. The Kier molecular flexibility index (Phi) is 7.33. The first-order chi connectivity index (χ1) is 14.7. The second kappa shape index (κ2) is 9.78. The van der Waals surface area contributed by atoms with Crippen molar-refractivity contribution in [3.63, 3.8) is 0 Å². The Morgan fingerprint density at radius 1 is 1.10 bits per heavy atom. The first kappa shape index (κ1) is 23.2. The zero-order chi connectivity index (χ0) is 22.6. The van der Waals surface area contributed by atoms with Gasteiger partial charge in [-0.3, -0.25) is 4.79 Å². The van der Waals surface area contributed by atoms with E-state index in [1.807, 2.05) is 50.8 Å². The number of carbonyl (C=O) groups is 1. The molecule has 1 saturated heterocycles. The standard InChI is InChI=1S/C23H32N4O3S/c1-17(2)27(18(3)4)31(29,30)21-10-11-22(25-15-21)24-14-19-7-5-8-20(13-19)16-26-12-6-9-23(26)28/h5,7-8,10-11,13,15,17-18H,6,9,12,14,16H2,1-4H3,(H,24,25). The molecule has 1 amide bonds. The van der Waals surface area contributed by atoms with Crippen LogP contribution in [0.4, 0.5) is 5.82 Å². The smallest absolute Gasteiger partial charge is 0.245 e. The lowest BCUT2D eigenvalue weighted by molar-refractivity contribution is -0.128. The fourth-order valence-electron chi connectivity index (χ4n) is 4.03. The van der Waals surface area contributed by atoms with E-state index in [0.717, 1.165) is 24.1 Å². The van der Waals surface area contributed by atoms with Crippen LogP contribution in [0.1, 0.15) is 51.7 Å². The molecule has 8 heteroatoms. The molecule has 0 spiro atoms. The summed E-state index contributed by atoms with van der Waals surface area (Å²) in [6.45, 7) is 9.50. The Morgan fingerprint density at radius 2 is 1.81 bits per heavy atom. The number of nitrogens with zero attached hydrogens (tertiary/aromatic N) is 3. The van der Waals surface area contributed by atoms with Crippen molar-refractivity contribution in [2.45, 2.75) is 70.6 Å². The van der Waals surface area contributed by atoms with Crippen molar-refractivity contribution in [3.8, 4) is 0 Å². The molecule has 0 saturated carbocycles. The molecule has 2 aromatic rings. The van der Waals surface area contributed by atoms with Crippen LogP contribution in [-0.4, -0.2) is 47.1 Å². The van der Waals surface area contributed by atoms with Crippen molar-refractivity contribution in [2.75, 3.05) is 11.9 Å². The van der Waals surface area contributed by atoms with Crippen LogP contribution < -0.4 is 5.32 Å². The Morgan fingerprint density at radius 3 is 2.39 bits per heavy atom. The predicted molar refractivity (Wildman–Crippen MR) is 122 cm³/mol. The minimum absolute atomic E-state index is 0.133. The van der Waals surface area contributed by atoms with Crippen LogP contribution in [-0.2, 0) is 27.9 Å². The van der Waals surface area contributed by atoms with Crippen molar-refractivity contribution in [1.82, 2.24) is 14.2 Å². The molecule has 1 aliphatic heterocycles. The molecule has 1 N–H and O–H groups in total. The Bertz CT molecular complexity index is 996. The molecular weight excluding hydrogens is 412 g/mol. The molecule has 31 heavy (non-hydrogen) atoms. The van der Waals surface area contributed by atoms with E-state index < -0.39 is 10.0 Å². The fraction of sp³-hybridized carbons (Fsp3) is 0.478. The molecule has 1 aliphatic rings. The average molecular weight is 445 g/mol. The van der Waals surface area contributed by atoms with Crippen LogP contribution >= 0.6 is 0 Å². The lowest BCUT2D eigenvalue weighted by atomic mass is 10.1. The molecular formula is C23H32N4O3S. The molecule has 1 aromatic carbocycles. The first-order valence-corrected chi connectivity index (χ1v) is 12.2. The number of carbonyl (C=O) groups excluding carboxylic acids is 1. The lowest BCUT2D eigenvalue weighted by Gasteiger charge is -2.29. The molecule has 168 valence electrons. The number of aromatic nitrogens is 1. The van der Waals surface area contributed by atoms with Crippen LogP contribution in [0.25, 0.3) is 0 Å². The number of nitrogens with one attached hydrogen (secondary N) is 1. The quantitative estimate of drug-likeness (QED) is 0.639. The summed E-state index contributed by atoms with van der Waals surface area (Å²) in [5.74, 6) is 0.830. The van der Waals surface area contributed by atoms with Crippen LogP contribution in [0.2, 0.25) is 0 Å².